The molecule has 0 aliphatic carbocycles. The largest absolute Gasteiger partial charge is 0.462 e. The number of hydrogen-bond acceptors (Lipinski definition) is 5. The first-order valence-corrected chi connectivity index (χ1v) is 10.4. The van der Waals surface area contributed by atoms with Crippen molar-refractivity contribution in [3.63, 3.8) is 0 Å². The van der Waals surface area contributed by atoms with Gasteiger partial charge in [-0.1, -0.05) is 30.3 Å². The van der Waals surface area contributed by atoms with Crippen LogP contribution in [0.5, 0.6) is 0 Å². The van der Waals surface area contributed by atoms with Crippen LogP contribution in [0.25, 0.3) is 16.4 Å². The third-order valence-corrected chi connectivity index (χ3v) is 5.67. The molecule has 4 aromatic rings. The van der Waals surface area contributed by atoms with Crippen molar-refractivity contribution in [2.45, 2.75) is 20.3 Å². The van der Waals surface area contributed by atoms with E-state index in [9.17, 15) is 9.59 Å². The number of thiophene rings is 1. The van der Waals surface area contributed by atoms with Gasteiger partial charge in [-0.2, -0.15) is 0 Å². The lowest BCUT2D eigenvalue weighted by atomic mass is 10.0. The summed E-state index contributed by atoms with van der Waals surface area (Å²) in [7, 11) is 0. The lowest BCUT2D eigenvalue weighted by Crippen LogP contribution is -2.16. The zero-order chi connectivity index (χ0) is 20.4. The first-order chi connectivity index (χ1) is 14.2. The number of rotatable bonds is 6. The van der Waals surface area contributed by atoms with E-state index in [1.165, 1.54) is 0 Å². The van der Waals surface area contributed by atoms with Crippen LogP contribution >= 0.6 is 11.3 Å². The number of fused-ring (bicyclic) bond motifs is 3. The zero-order valence-electron chi connectivity index (χ0n) is 16.3. The molecule has 1 aromatic carbocycles. The number of carbonyl (C=O) groups excluding carboxylic acids is 2. The van der Waals surface area contributed by atoms with Crippen LogP contribution in [0, 0.1) is 0 Å². The average molecular weight is 407 g/mol. The Kier molecular flexibility index (Phi) is 5.36. The van der Waals surface area contributed by atoms with Gasteiger partial charge in [-0.3, -0.25) is 0 Å². The number of esters is 2. The molecule has 0 atom stereocenters. The standard InChI is InChI=1S/C23H21NO4S/c1-3-27-22(25)20-17(14-16-9-7-13-29-16)19-12-11-15-8-5-6-10-18(15)24(19)21(20)23(26)28-4-2/h5-13H,3-4,14H2,1-2H3. The first kappa shape index (κ1) is 19.2. The minimum absolute atomic E-state index is 0.222. The third-order valence-electron chi connectivity index (χ3n) is 4.79. The second-order valence-corrected chi connectivity index (χ2v) is 7.54. The van der Waals surface area contributed by atoms with Crippen LogP contribution < -0.4 is 0 Å². The Morgan fingerprint density at radius 1 is 0.897 bits per heavy atom. The molecular formula is C23H21NO4S. The Morgan fingerprint density at radius 2 is 1.66 bits per heavy atom. The SMILES string of the molecule is CCOC(=O)c1c(Cc2cccs2)c2ccc3ccccc3n2c1C(=O)OCC. The summed E-state index contributed by atoms with van der Waals surface area (Å²) < 4.78 is 12.5. The second kappa shape index (κ2) is 8.09. The first-order valence-electron chi connectivity index (χ1n) is 9.57. The van der Waals surface area contributed by atoms with Gasteiger partial charge in [0.05, 0.1) is 29.8 Å². The fourth-order valence-electron chi connectivity index (χ4n) is 3.65. The number of pyridine rings is 1. The van der Waals surface area contributed by atoms with Gasteiger partial charge in [0.2, 0.25) is 0 Å². The van der Waals surface area contributed by atoms with Crippen LogP contribution in [0.15, 0.2) is 53.9 Å². The number of nitrogens with zero attached hydrogens (tertiary/aromatic N) is 1. The fourth-order valence-corrected chi connectivity index (χ4v) is 4.36. The van der Waals surface area contributed by atoms with Gasteiger partial charge in [0, 0.05) is 11.3 Å². The molecule has 3 aromatic heterocycles. The molecule has 3 heterocycles. The molecular weight excluding hydrogens is 386 g/mol. The number of benzene rings is 1. The van der Waals surface area contributed by atoms with Crippen molar-refractivity contribution in [1.29, 1.82) is 0 Å². The summed E-state index contributed by atoms with van der Waals surface area (Å²) in [6, 6.07) is 15.7. The van der Waals surface area contributed by atoms with Crippen molar-refractivity contribution in [2.24, 2.45) is 0 Å². The highest BCUT2D eigenvalue weighted by Gasteiger charge is 2.30. The molecule has 0 aliphatic rings. The molecule has 29 heavy (non-hydrogen) atoms. The molecule has 0 unspecified atom stereocenters. The fraction of sp³-hybridized carbons (Fsp3) is 0.217. The van der Waals surface area contributed by atoms with Crippen LogP contribution in [0.1, 0.15) is 45.1 Å². The van der Waals surface area contributed by atoms with Gasteiger partial charge in [-0.15, -0.1) is 11.3 Å². The van der Waals surface area contributed by atoms with Crippen LogP contribution in [-0.4, -0.2) is 29.6 Å². The molecule has 0 spiro atoms. The maximum absolute atomic E-state index is 13.0. The van der Waals surface area contributed by atoms with Gasteiger partial charge in [-0.25, -0.2) is 9.59 Å². The van der Waals surface area contributed by atoms with E-state index >= 15 is 0 Å². The highest BCUT2D eigenvalue weighted by atomic mass is 32.1. The maximum atomic E-state index is 13.0. The molecule has 0 bridgehead atoms. The quantitative estimate of drug-likeness (QED) is 0.417. The topological polar surface area (TPSA) is 57.0 Å². The van der Waals surface area contributed by atoms with E-state index < -0.39 is 11.9 Å². The van der Waals surface area contributed by atoms with Crippen molar-refractivity contribution >= 4 is 39.7 Å². The van der Waals surface area contributed by atoms with Gasteiger partial charge in [-0.05, 0) is 48.4 Å². The molecule has 6 heteroatoms. The van der Waals surface area contributed by atoms with Crippen molar-refractivity contribution < 1.29 is 19.1 Å². The zero-order valence-corrected chi connectivity index (χ0v) is 17.1. The van der Waals surface area contributed by atoms with Crippen molar-refractivity contribution in [3.05, 3.63) is 75.6 Å². The molecule has 0 saturated carbocycles. The average Bonchev–Trinajstić information content (AvgIpc) is 3.35. The van der Waals surface area contributed by atoms with Crippen molar-refractivity contribution in [3.8, 4) is 0 Å². The summed E-state index contributed by atoms with van der Waals surface area (Å²) >= 11 is 1.61. The third kappa shape index (κ3) is 3.40. The summed E-state index contributed by atoms with van der Waals surface area (Å²) in [5.41, 5.74) is 2.94. The Bertz CT molecular complexity index is 1190. The highest BCUT2D eigenvalue weighted by molar-refractivity contribution is 7.09. The van der Waals surface area contributed by atoms with Crippen LogP contribution in [0.2, 0.25) is 0 Å². The predicted molar refractivity (Wildman–Crippen MR) is 114 cm³/mol. The van der Waals surface area contributed by atoms with Gasteiger partial charge in [0.25, 0.3) is 0 Å². The normalized spacial score (nSPS) is 11.1. The lowest BCUT2D eigenvalue weighted by Gasteiger charge is -2.08. The van der Waals surface area contributed by atoms with E-state index in [4.69, 9.17) is 9.47 Å². The molecule has 5 nitrogen and oxygen atoms in total. The van der Waals surface area contributed by atoms with Gasteiger partial charge < -0.3 is 13.9 Å². The summed E-state index contributed by atoms with van der Waals surface area (Å²) in [6.45, 7) is 3.96. The number of hydrogen-bond donors (Lipinski definition) is 0. The number of para-hydroxylation sites is 1. The van der Waals surface area contributed by atoms with Crippen LogP contribution in [0.3, 0.4) is 0 Å². The minimum atomic E-state index is -0.528. The van der Waals surface area contributed by atoms with E-state index in [0.717, 1.165) is 26.9 Å². The molecule has 0 amide bonds. The Morgan fingerprint density at radius 3 is 2.38 bits per heavy atom. The molecule has 0 aliphatic heterocycles. The highest BCUT2D eigenvalue weighted by Crippen LogP contribution is 2.32. The van der Waals surface area contributed by atoms with Crippen molar-refractivity contribution in [2.75, 3.05) is 13.2 Å². The number of carbonyl (C=O) groups is 2. The van der Waals surface area contributed by atoms with E-state index in [0.29, 0.717) is 6.42 Å². The van der Waals surface area contributed by atoms with E-state index in [-0.39, 0.29) is 24.5 Å². The lowest BCUT2D eigenvalue weighted by molar-refractivity contribution is 0.0473. The summed E-state index contributed by atoms with van der Waals surface area (Å²) in [4.78, 5) is 27.1. The van der Waals surface area contributed by atoms with Gasteiger partial charge in [0.15, 0.2) is 0 Å². The maximum Gasteiger partial charge on any atom is 0.356 e. The summed E-state index contributed by atoms with van der Waals surface area (Å²) in [6.07, 6.45) is 0.535. The molecule has 148 valence electrons. The predicted octanol–water partition coefficient (Wildman–Crippen LogP) is 5.10. The van der Waals surface area contributed by atoms with Crippen molar-refractivity contribution in [1.82, 2.24) is 4.40 Å². The summed E-state index contributed by atoms with van der Waals surface area (Å²) in [5, 5.41) is 2.97. The molecule has 4 rings (SSSR count). The monoisotopic (exact) mass is 407 g/mol. The number of aromatic nitrogens is 1. The van der Waals surface area contributed by atoms with E-state index in [2.05, 4.69) is 0 Å². The Hall–Kier alpha value is -3.12. The van der Waals surface area contributed by atoms with Crippen LogP contribution in [0.4, 0.5) is 0 Å². The minimum Gasteiger partial charge on any atom is -0.462 e. The van der Waals surface area contributed by atoms with Crippen LogP contribution in [-0.2, 0) is 15.9 Å². The molecule has 0 fully saturated rings. The summed E-state index contributed by atoms with van der Waals surface area (Å²) in [5.74, 6) is -1.03. The molecule has 0 N–H and O–H groups in total. The Labute approximate surface area is 172 Å². The van der Waals surface area contributed by atoms with Gasteiger partial charge >= 0.3 is 11.9 Å². The number of ether oxygens (including phenoxy) is 2. The second-order valence-electron chi connectivity index (χ2n) is 6.51. The van der Waals surface area contributed by atoms with E-state index in [1.54, 1.807) is 25.2 Å². The molecule has 0 radical (unpaired) electrons. The smallest absolute Gasteiger partial charge is 0.356 e. The molecule has 0 saturated heterocycles. The van der Waals surface area contributed by atoms with Gasteiger partial charge in [0.1, 0.15) is 5.69 Å². The Balaban J connectivity index is 2.10. The van der Waals surface area contributed by atoms with E-state index in [1.807, 2.05) is 58.3 Å².